The topological polar surface area (TPSA) is 80.5 Å². The van der Waals surface area contributed by atoms with Crippen molar-refractivity contribution in [3.8, 4) is 6.07 Å². The highest BCUT2D eigenvalue weighted by molar-refractivity contribution is 7.99. The van der Waals surface area contributed by atoms with Gasteiger partial charge >= 0.3 is 0 Å². The van der Waals surface area contributed by atoms with E-state index in [2.05, 4.69) is 16.3 Å². The third-order valence-electron chi connectivity index (χ3n) is 1.31. The summed E-state index contributed by atoms with van der Waals surface area (Å²) in [5.41, 5.74) is 5.46. The van der Waals surface area contributed by atoms with E-state index in [4.69, 9.17) is 11.0 Å². The quantitative estimate of drug-likeness (QED) is 0.542. The van der Waals surface area contributed by atoms with Crippen molar-refractivity contribution >= 4 is 17.7 Å². The summed E-state index contributed by atoms with van der Waals surface area (Å²) in [7, 11) is 1.80. The Morgan fingerprint density at radius 2 is 2.42 bits per heavy atom. The largest absolute Gasteiger partial charge is 0.368 e. The molecule has 1 aromatic heterocycles. The van der Waals surface area contributed by atoms with Crippen LogP contribution in [0.1, 0.15) is 6.42 Å². The molecule has 0 amide bonds. The van der Waals surface area contributed by atoms with Crippen LogP contribution >= 0.6 is 11.8 Å². The fourth-order valence-corrected chi connectivity index (χ4v) is 1.40. The number of hydrogen-bond donors (Lipinski definition) is 1. The number of nitriles is 1. The van der Waals surface area contributed by atoms with Crippen LogP contribution in [0, 0.1) is 11.3 Å². The zero-order valence-electron chi connectivity index (χ0n) is 6.69. The molecule has 0 atom stereocenters. The van der Waals surface area contributed by atoms with Crippen LogP contribution < -0.4 is 5.73 Å². The van der Waals surface area contributed by atoms with Crippen LogP contribution in [0.2, 0.25) is 0 Å². The summed E-state index contributed by atoms with van der Waals surface area (Å²) in [6, 6.07) is 2.05. The molecule has 0 aliphatic rings. The molecule has 6 heteroatoms. The molecular formula is C6H9N5S. The molecule has 0 radical (unpaired) electrons. The van der Waals surface area contributed by atoms with Gasteiger partial charge in [0.15, 0.2) is 5.16 Å². The van der Waals surface area contributed by atoms with Gasteiger partial charge in [-0.05, 0) is 0 Å². The van der Waals surface area contributed by atoms with Crippen LogP contribution in [0.25, 0.3) is 0 Å². The monoisotopic (exact) mass is 183 g/mol. The Balaban J connectivity index is 2.53. The molecule has 0 spiro atoms. The van der Waals surface area contributed by atoms with Crippen molar-refractivity contribution in [3.63, 3.8) is 0 Å². The van der Waals surface area contributed by atoms with E-state index in [0.29, 0.717) is 12.4 Å². The lowest BCUT2D eigenvalue weighted by Gasteiger charge is -1.97. The number of hydrogen-bond acceptors (Lipinski definition) is 5. The van der Waals surface area contributed by atoms with Gasteiger partial charge in [-0.3, -0.25) is 4.57 Å². The molecule has 0 aliphatic heterocycles. The fraction of sp³-hybridized carbons (Fsp3) is 0.500. The molecule has 2 N–H and O–H groups in total. The molecule has 0 aromatic carbocycles. The smallest absolute Gasteiger partial charge is 0.222 e. The lowest BCUT2D eigenvalue weighted by atomic mass is 10.6. The molecule has 0 bridgehead atoms. The Labute approximate surface area is 74.6 Å². The number of rotatable bonds is 3. The van der Waals surface area contributed by atoms with Crippen LogP contribution in [-0.4, -0.2) is 20.5 Å². The molecule has 1 rings (SSSR count). The third kappa shape index (κ3) is 1.89. The summed E-state index contributed by atoms with van der Waals surface area (Å²) >= 11 is 1.48. The molecule has 0 saturated heterocycles. The summed E-state index contributed by atoms with van der Waals surface area (Å²) in [4.78, 5) is 0. The second-order valence-corrected chi connectivity index (χ2v) is 3.22. The molecule has 12 heavy (non-hydrogen) atoms. The van der Waals surface area contributed by atoms with Crippen LogP contribution in [0.5, 0.6) is 0 Å². The van der Waals surface area contributed by atoms with E-state index < -0.39 is 0 Å². The number of nitrogen functional groups attached to an aromatic ring is 1. The van der Waals surface area contributed by atoms with Gasteiger partial charge in [0, 0.05) is 19.2 Å². The average molecular weight is 183 g/mol. The summed E-state index contributed by atoms with van der Waals surface area (Å²) in [5, 5.41) is 16.6. The molecule has 0 saturated carbocycles. The standard InChI is InChI=1S/C6H9N5S/c1-11-5(8)9-10-6(11)12-4-2-3-7/h2,4H2,1H3,(H2,8,9). The number of anilines is 1. The first kappa shape index (κ1) is 8.87. The maximum atomic E-state index is 8.29. The average Bonchev–Trinajstić information content (AvgIpc) is 2.36. The van der Waals surface area contributed by atoms with Gasteiger partial charge in [0.2, 0.25) is 5.95 Å². The predicted molar refractivity (Wildman–Crippen MR) is 46.4 cm³/mol. The minimum Gasteiger partial charge on any atom is -0.368 e. The molecule has 0 aliphatic carbocycles. The zero-order valence-corrected chi connectivity index (χ0v) is 7.51. The van der Waals surface area contributed by atoms with Crippen LogP contribution in [0.4, 0.5) is 5.95 Å². The predicted octanol–water partition coefficient (Wildman–Crippen LogP) is 0.403. The van der Waals surface area contributed by atoms with Gasteiger partial charge in [-0.15, -0.1) is 10.2 Å². The van der Waals surface area contributed by atoms with Gasteiger partial charge < -0.3 is 5.73 Å². The van der Waals surface area contributed by atoms with Crippen molar-refractivity contribution in [2.45, 2.75) is 11.6 Å². The lowest BCUT2D eigenvalue weighted by molar-refractivity contribution is 0.796. The first-order chi connectivity index (χ1) is 5.75. The molecule has 64 valence electrons. The fourth-order valence-electron chi connectivity index (χ4n) is 0.640. The molecule has 1 heterocycles. The van der Waals surface area contributed by atoms with Crippen molar-refractivity contribution in [2.75, 3.05) is 11.5 Å². The Morgan fingerprint density at radius 3 is 2.92 bits per heavy atom. The van der Waals surface area contributed by atoms with Crippen LogP contribution in [0.3, 0.4) is 0 Å². The van der Waals surface area contributed by atoms with E-state index in [-0.39, 0.29) is 0 Å². The van der Waals surface area contributed by atoms with Crippen molar-refractivity contribution in [1.29, 1.82) is 5.26 Å². The van der Waals surface area contributed by atoms with Gasteiger partial charge in [0.05, 0.1) is 6.07 Å². The van der Waals surface area contributed by atoms with E-state index in [1.807, 2.05) is 0 Å². The highest BCUT2D eigenvalue weighted by Crippen LogP contribution is 2.16. The van der Waals surface area contributed by atoms with Crippen molar-refractivity contribution in [2.24, 2.45) is 7.05 Å². The molecule has 0 unspecified atom stereocenters. The van der Waals surface area contributed by atoms with Crippen molar-refractivity contribution in [1.82, 2.24) is 14.8 Å². The first-order valence-electron chi connectivity index (χ1n) is 3.40. The molecular weight excluding hydrogens is 174 g/mol. The van der Waals surface area contributed by atoms with E-state index in [1.54, 1.807) is 11.6 Å². The van der Waals surface area contributed by atoms with Gasteiger partial charge in [-0.2, -0.15) is 5.26 Å². The SMILES string of the molecule is Cn1c(N)nnc1SCCC#N. The number of nitrogens with two attached hydrogens (primary N) is 1. The van der Waals surface area contributed by atoms with Gasteiger partial charge in [0.1, 0.15) is 0 Å². The zero-order chi connectivity index (χ0) is 8.97. The second-order valence-electron chi connectivity index (χ2n) is 2.16. The summed E-state index contributed by atoms with van der Waals surface area (Å²) in [6.45, 7) is 0. The van der Waals surface area contributed by atoms with Crippen LogP contribution in [-0.2, 0) is 7.05 Å². The molecule has 5 nitrogen and oxygen atoms in total. The van der Waals surface area contributed by atoms with E-state index in [0.717, 1.165) is 10.9 Å². The molecule has 1 aromatic rings. The maximum absolute atomic E-state index is 8.29. The van der Waals surface area contributed by atoms with Gasteiger partial charge in [-0.25, -0.2) is 0 Å². The van der Waals surface area contributed by atoms with E-state index >= 15 is 0 Å². The van der Waals surface area contributed by atoms with Crippen molar-refractivity contribution < 1.29 is 0 Å². The van der Waals surface area contributed by atoms with E-state index in [9.17, 15) is 0 Å². The first-order valence-corrected chi connectivity index (χ1v) is 4.39. The minimum absolute atomic E-state index is 0.398. The number of aromatic nitrogens is 3. The Bertz CT molecular complexity index is 299. The lowest BCUT2D eigenvalue weighted by Crippen LogP contribution is -1.98. The van der Waals surface area contributed by atoms with E-state index in [1.165, 1.54) is 11.8 Å². The van der Waals surface area contributed by atoms with Gasteiger partial charge in [-0.1, -0.05) is 11.8 Å². The summed E-state index contributed by atoms with van der Waals surface area (Å²) in [5.74, 6) is 1.12. The molecule has 0 fully saturated rings. The summed E-state index contributed by atoms with van der Waals surface area (Å²) in [6.07, 6.45) is 0.511. The minimum atomic E-state index is 0.398. The highest BCUT2D eigenvalue weighted by Gasteiger charge is 2.04. The number of nitrogens with zero attached hydrogens (tertiary/aromatic N) is 4. The van der Waals surface area contributed by atoms with Crippen molar-refractivity contribution in [3.05, 3.63) is 0 Å². The normalized spacial score (nSPS) is 9.67. The Morgan fingerprint density at radius 1 is 1.67 bits per heavy atom. The Hall–Kier alpha value is -1.22. The number of thioether (sulfide) groups is 1. The van der Waals surface area contributed by atoms with Gasteiger partial charge in [0.25, 0.3) is 0 Å². The van der Waals surface area contributed by atoms with Crippen LogP contribution in [0.15, 0.2) is 5.16 Å². The highest BCUT2D eigenvalue weighted by atomic mass is 32.2. The summed E-state index contributed by atoms with van der Waals surface area (Å²) < 4.78 is 1.70. The third-order valence-corrected chi connectivity index (χ3v) is 2.34. The second kappa shape index (κ2) is 3.97. The maximum Gasteiger partial charge on any atom is 0.222 e. The Kier molecular flexibility index (Phi) is 2.94.